The molecular weight excluding hydrogens is 222 g/mol. The number of alkyl halides is 1. The second kappa shape index (κ2) is 8.57. The summed E-state index contributed by atoms with van der Waals surface area (Å²) in [6.45, 7) is 4.38. The fourth-order valence-corrected chi connectivity index (χ4v) is 1.78. The number of benzene rings is 1. The van der Waals surface area contributed by atoms with Crippen LogP contribution in [-0.2, 0) is 11.2 Å². The van der Waals surface area contributed by atoms with Gasteiger partial charge in [-0.2, -0.15) is 0 Å². The average Bonchev–Trinajstić information content (AvgIpc) is 2.34. The van der Waals surface area contributed by atoms with Crippen LogP contribution in [-0.4, -0.2) is 31.7 Å². The third-order valence-electron chi connectivity index (χ3n) is 2.39. The largest absolute Gasteiger partial charge is 0.380 e. The molecule has 0 aromatic heterocycles. The van der Waals surface area contributed by atoms with Crippen LogP contribution >= 0.6 is 11.6 Å². The zero-order valence-corrected chi connectivity index (χ0v) is 10.5. The van der Waals surface area contributed by atoms with E-state index in [0.29, 0.717) is 11.9 Å². The molecular formula is C13H20ClNO. The van der Waals surface area contributed by atoms with E-state index in [2.05, 4.69) is 29.6 Å². The van der Waals surface area contributed by atoms with Crippen LogP contribution in [0.25, 0.3) is 0 Å². The van der Waals surface area contributed by atoms with Crippen LogP contribution in [0, 0.1) is 0 Å². The van der Waals surface area contributed by atoms with E-state index in [1.54, 1.807) is 0 Å². The molecule has 90 valence electrons. The molecule has 0 saturated heterocycles. The highest BCUT2D eigenvalue weighted by atomic mass is 35.5. The maximum absolute atomic E-state index is 5.93. The lowest BCUT2D eigenvalue weighted by Crippen LogP contribution is -2.35. The Balaban J connectivity index is 2.26. The molecule has 0 fully saturated rings. The minimum atomic E-state index is 0.324. The van der Waals surface area contributed by atoms with Crippen molar-refractivity contribution in [1.29, 1.82) is 0 Å². The summed E-state index contributed by atoms with van der Waals surface area (Å²) in [6.07, 6.45) is 0.969. The smallest absolute Gasteiger partial charge is 0.0590 e. The summed E-state index contributed by atoms with van der Waals surface area (Å²) < 4.78 is 5.27. The van der Waals surface area contributed by atoms with Crippen LogP contribution < -0.4 is 5.32 Å². The lowest BCUT2D eigenvalue weighted by Gasteiger charge is -2.15. The molecule has 0 bridgehead atoms. The Morgan fingerprint density at radius 1 is 1.31 bits per heavy atom. The summed E-state index contributed by atoms with van der Waals surface area (Å²) in [7, 11) is 0. The predicted octanol–water partition coefficient (Wildman–Crippen LogP) is 2.46. The van der Waals surface area contributed by atoms with E-state index in [4.69, 9.17) is 16.3 Å². The molecule has 0 radical (unpaired) electrons. The molecule has 1 aromatic carbocycles. The van der Waals surface area contributed by atoms with Crippen molar-refractivity contribution in [3.05, 3.63) is 35.9 Å². The third-order valence-corrected chi connectivity index (χ3v) is 2.77. The zero-order valence-electron chi connectivity index (χ0n) is 9.79. The Morgan fingerprint density at radius 3 is 2.69 bits per heavy atom. The molecule has 0 spiro atoms. The lowest BCUT2D eigenvalue weighted by atomic mass is 10.1. The fourth-order valence-electron chi connectivity index (χ4n) is 1.56. The van der Waals surface area contributed by atoms with E-state index in [9.17, 15) is 0 Å². The van der Waals surface area contributed by atoms with Crippen molar-refractivity contribution in [3.8, 4) is 0 Å². The van der Waals surface area contributed by atoms with Gasteiger partial charge in [0.2, 0.25) is 0 Å². The van der Waals surface area contributed by atoms with Crippen LogP contribution in [0.15, 0.2) is 30.3 Å². The van der Waals surface area contributed by atoms with Crippen molar-refractivity contribution in [2.45, 2.75) is 19.4 Å². The van der Waals surface area contributed by atoms with Gasteiger partial charge in [-0.3, -0.25) is 0 Å². The summed E-state index contributed by atoms with van der Waals surface area (Å²) >= 11 is 5.93. The molecule has 1 N–H and O–H groups in total. The fraction of sp³-hybridized carbons (Fsp3) is 0.538. The minimum absolute atomic E-state index is 0.324. The predicted molar refractivity (Wildman–Crippen MR) is 69.1 cm³/mol. The minimum Gasteiger partial charge on any atom is -0.380 e. The lowest BCUT2D eigenvalue weighted by molar-refractivity contribution is 0.147. The van der Waals surface area contributed by atoms with E-state index in [1.807, 2.05) is 13.0 Å². The first-order chi connectivity index (χ1) is 7.86. The molecule has 0 saturated carbocycles. The second-order valence-corrected chi connectivity index (χ2v) is 4.00. The number of ether oxygens (including phenoxy) is 1. The summed E-state index contributed by atoms with van der Waals surface area (Å²) in [5, 5.41) is 3.40. The molecule has 2 nitrogen and oxygen atoms in total. The Bertz CT molecular complexity index is 266. The maximum atomic E-state index is 5.93. The summed E-state index contributed by atoms with van der Waals surface area (Å²) in [4.78, 5) is 0. The topological polar surface area (TPSA) is 21.3 Å². The van der Waals surface area contributed by atoms with E-state index < -0.39 is 0 Å². The standard InChI is InChI=1S/C13H20ClNO/c1-2-16-9-8-15-13(11-14)10-12-6-4-3-5-7-12/h3-7,13,15H,2,8-11H2,1H3. The number of halogens is 1. The molecule has 0 heterocycles. The summed E-state index contributed by atoms with van der Waals surface area (Å²) in [5.41, 5.74) is 1.32. The van der Waals surface area contributed by atoms with Crippen molar-refractivity contribution in [3.63, 3.8) is 0 Å². The number of nitrogens with one attached hydrogen (secondary N) is 1. The Labute approximate surface area is 103 Å². The van der Waals surface area contributed by atoms with Crippen molar-refractivity contribution in [1.82, 2.24) is 5.32 Å². The first kappa shape index (κ1) is 13.5. The molecule has 0 aliphatic carbocycles. The Morgan fingerprint density at radius 2 is 2.06 bits per heavy atom. The van der Waals surface area contributed by atoms with Crippen LogP contribution in [0.2, 0.25) is 0 Å². The SMILES string of the molecule is CCOCCNC(CCl)Cc1ccccc1. The van der Waals surface area contributed by atoms with Gasteiger partial charge in [-0.05, 0) is 18.9 Å². The second-order valence-electron chi connectivity index (χ2n) is 3.69. The van der Waals surface area contributed by atoms with Gasteiger partial charge in [0.1, 0.15) is 0 Å². The third kappa shape index (κ3) is 5.50. The maximum Gasteiger partial charge on any atom is 0.0590 e. The van der Waals surface area contributed by atoms with Gasteiger partial charge in [0.15, 0.2) is 0 Å². The van der Waals surface area contributed by atoms with E-state index >= 15 is 0 Å². The van der Waals surface area contributed by atoms with Crippen LogP contribution in [0.4, 0.5) is 0 Å². The summed E-state index contributed by atoms with van der Waals surface area (Å²) in [5.74, 6) is 0.626. The van der Waals surface area contributed by atoms with Crippen molar-refractivity contribution < 1.29 is 4.74 Å². The highest BCUT2D eigenvalue weighted by Gasteiger charge is 2.06. The highest BCUT2D eigenvalue weighted by Crippen LogP contribution is 2.04. The molecule has 0 aliphatic heterocycles. The van der Waals surface area contributed by atoms with Gasteiger partial charge in [-0.15, -0.1) is 11.6 Å². The van der Waals surface area contributed by atoms with Crippen LogP contribution in [0.1, 0.15) is 12.5 Å². The Kier molecular flexibility index (Phi) is 7.23. The quantitative estimate of drug-likeness (QED) is 0.558. The molecule has 1 atom stereocenters. The molecule has 3 heteroatoms. The van der Waals surface area contributed by atoms with Gasteiger partial charge in [0.25, 0.3) is 0 Å². The van der Waals surface area contributed by atoms with Gasteiger partial charge in [-0.1, -0.05) is 30.3 Å². The van der Waals surface area contributed by atoms with E-state index in [1.165, 1.54) is 5.56 Å². The Hall–Kier alpha value is -0.570. The zero-order chi connectivity index (χ0) is 11.6. The van der Waals surface area contributed by atoms with Crippen molar-refractivity contribution in [2.75, 3.05) is 25.6 Å². The monoisotopic (exact) mass is 241 g/mol. The number of hydrogen-bond acceptors (Lipinski definition) is 2. The van der Waals surface area contributed by atoms with E-state index in [-0.39, 0.29) is 0 Å². The summed E-state index contributed by atoms with van der Waals surface area (Å²) in [6, 6.07) is 10.7. The van der Waals surface area contributed by atoms with Gasteiger partial charge in [0.05, 0.1) is 6.61 Å². The molecule has 1 aromatic rings. The molecule has 16 heavy (non-hydrogen) atoms. The van der Waals surface area contributed by atoms with Gasteiger partial charge in [-0.25, -0.2) is 0 Å². The van der Waals surface area contributed by atoms with Gasteiger partial charge < -0.3 is 10.1 Å². The molecule has 1 unspecified atom stereocenters. The van der Waals surface area contributed by atoms with Crippen LogP contribution in [0.5, 0.6) is 0 Å². The van der Waals surface area contributed by atoms with Crippen molar-refractivity contribution in [2.24, 2.45) is 0 Å². The number of rotatable bonds is 8. The highest BCUT2D eigenvalue weighted by molar-refractivity contribution is 6.18. The van der Waals surface area contributed by atoms with E-state index in [0.717, 1.165) is 26.2 Å². The van der Waals surface area contributed by atoms with Gasteiger partial charge >= 0.3 is 0 Å². The molecule has 0 amide bonds. The normalized spacial score (nSPS) is 12.6. The van der Waals surface area contributed by atoms with Crippen LogP contribution in [0.3, 0.4) is 0 Å². The molecule has 1 rings (SSSR count). The molecule has 0 aliphatic rings. The first-order valence-electron chi connectivity index (χ1n) is 5.77. The average molecular weight is 242 g/mol. The van der Waals surface area contributed by atoms with Crippen molar-refractivity contribution >= 4 is 11.6 Å². The first-order valence-corrected chi connectivity index (χ1v) is 6.31. The number of hydrogen-bond donors (Lipinski definition) is 1. The van der Waals surface area contributed by atoms with Gasteiger partial charge in [0, 0.05) is 25.1 Å².